The molecule has 0 radical (unpaired) electrons. The Morgan fingerprint density at radius 2 is 1.76 bits per heavy atom. The van der Waals surface area contributed by atoms with E-state index in [0.29, 0.717) is 10.8 Å². The van der Waals surface area contributed by atoms with Gasteiger partial charge in [-0.3, -0.25) is 0 Å². The maximum atomic E-state index is 4.46. The Bertz CT molecular complexity index is 449. The van der Waals surface area contributed by atoms with Crippen LogP contribution in [0.2, 0.25) is 0 Å². The van der Waals surface area contributed by atoms with E-state index < -0.39 is 0 Å². The Kier molecular flexibility index (Phi) is 3.15. The molecule has 4 rings (SSSR count). The summed E-state index contributed by atoms with van der Waals surface area (Å²) in [5.74, 6) is 5.06. The minimum absolute atomic E-state index is 0.506. The van der Waals surface area contributed by atoms with Gasteiger partial charge in [-0.1, -0.05) is 39.3 Å². The summed E-state index contributed by atoms with van der Waals surface area (Å²) < 4.78 is 0. The lowest BCUT2D eigenvalue weighted by atomic mass is 9.44. The molecule has 0 heteroatoms. The molecule has 0 N–H and O–H groups in total. The van der Waals surface area contributed by atoms with Crippen LogP contribution in [0.3, 0.4) is 0 Å². The van der Waals surface area contributed by atoms with E-state index in [1.807, 2.05) is 0 Å². The molecule has 0 aromatic heterocycles. The second kappa shape index (κ2) is 4.62. The largest absolute Gasteiger partial charge is 0.0993 e. The summed E-state index contributed by atoms with van der Waals surface area (Å²) >= 11 is 0. The van der Waals surface area contributed by atoms with E-state index in [2.05, 4.69) is 27.4 Å². The van der Waals surface area contributed by atoms with Crippen LogP contribution in [0.5, 0.6) is 0 Å². The van der Waals surface area contributed by atoms with E-state index in [9.17, 15) is 0 Å². The van der Waals surface area contributed by atoms with Crippen LogP contribution < -0.4 is 0 Å². The molecule has 0 amide bonds. The monoisotopic (exact) mass is 286 g/mol. The standard InChI is InChI=1S/C21H34/c1-14-9-11-21(4)16(13-14)6-7-17-18-8-5-15(2)20(18,3)12-10-19(17)21/h14,16-19H,2,5-13H2,1,3-4H3/t14-,16?,17?,18?,19?,20+,21-/m0/s1. The molecule has 21 heavy (non-hydrogen) atoms. The molecule has 118 valence electrons. The van der Waals surface area contributed by atoms with Crippen LogP contribution >= 0.6 is 0 Å². The first-order valence-corrected chi connectivity index (χ1v) is 9.63. The van der Waals surface area contributed by atoms with E-state index >= 15 is 0 Å². The molecule has 0 heterocycles. The van der Waals surface area contributed by atoms with Gasteiger partial charge in [0.05, 0.1) is 0 Å². The van der Waals surface area contributed by atoms with Gasteiger partial charge in [0.25, 0.3) is 0 Å². The van der Waals surface area contributed by atoms with Gasteiger partial charge in [0.1, 0.15) is 0 Å². The SMILES string of the molecule is C=C1CCC2C3CCC4C[C@@H](C)CC[C@]4(C)C3CC[C@]12C. The molecule has 4 aliphatic rings. The molecule has 0 aliphatic heterocycles. The number of hydrogen-bond donors (Lipinski definition) is 0. The van der Waals surface area contributed by atoms with E-state index in [0.717, 1.165) is 29.6 Å². The zero-order valence-corrected chi connectivity index (χ0v) is 14.5. The van der Waals surface area contributed by atoms with Gasteiger partial charge in [-0.05, 0) is 91.8 Å². The first-order chi connectivity index (χ1) is 9.95. The lowest BCUT2D eigenvalue weighted by Gasteiger charge is -2.60. The maximum absolute atomic E-state index is 4.46. The zero-order valence-electron chi connectivity index (χ0n) is 14.5. The topological polar surface area (TPSA) is 0 Å². The predicted octanol–water partition coefficient (Wildman–Crippen LogP) is 6.22. The average Bonchev–Trinajstić information content (AvgIpc) is 2.76. The normalized spacial score (nSPS) is 56.5. The summed E-state index contributed by atoms with van der Waals surface area (Å²) in [6.07, 6.45) is 13.3. The number of hydrogen-bond acceptors (Lipinski definition) is 0. The van der Waals surface area contributed by atoms with E-state index in [-0.39, 0.29) is 0 Å². The second-order valence-corrected chi connectivity index (χ2v) is 9.63. The fraction of sp³-hybridized carbons (Fsp3) is 0.905. The van der Waals surface area contributed by atoms with Crippen LogP contribution in [-0.4, -0.2) is 0 Å². The van der Waals surface area contributed by atoms with Crippen molar-refractivity contribution in [3.05, 3.63) is 12.2 Å². The Labute approximate surface area is 131 Å². The van der Waals surface area contributed by atoms with Gasteiger partial charge >= 0.3 is 0 Å². The molecule has 0 aromatic carbocycles. The Morgan fingerprint density at radius 3 is 2.57 bits per heavy atom. The molecule has 0 bridgehead atoms. The van der Waals surface area contributed by atoms with Crippen molar-refractivity contribution < 1.29 is 0 Å². The maximum Gasteiger partial charge on any atom is -0.00879 e. The van der Waals surface area contributed by atoms with Gasteiger partial charge in [0.15, 0.2) is 0 Å². The van der Waals surface area contributed by atoms with Crippen LogP contribution in [0.1, 0.15) is 78.6 Å². The van der Waals surface area contributed by atoms with Crippen molar-refractivity contribution in [1.29, 1.82) is 0 Å². The van der Waals surface area contributed by atoms with Gasteiger partial charge in [-0.2, -0.15) is 0 Å². The van der Waals surface area contributed by atoms with Crippen molar-refractivity contribution >= 4 is 0 Å². The molecule has 0 saturated heterocycles. The predicted molar refractivity (Wildman–Crippen MR) is 90.0 cm³/mol. The summed E-state index contributed by atoms with van der Waals surface area (Å²) in [6, 6.07) is 0. The van der Waals surface area contributed by atoms with Crippen LogP contribution in [0.15, 0.2) is 12.2 Å². The van der Waals surface area contributed by atoms with Crippen molar-refractivity contribution in [3.63, 3.8) is 0 Å². The summed E-state index contributed by atoms with van der Waals surface area (Å²) in [5, 5.41) is 0. The lowest BCUT2D eigenvalue weighted by molar-refractivity contribution is -0.104. The highest BCUT2D eigenvalue weighted by molar-refractivity contribution is 5.21. The van der Waals surface area contributed by atoms with Crippen LogP contribution in [0.4, 0.5) is 0 Å². The van der Waals surface area contributed by atoms with Gasteiger partial charge in [-0.25, -0.2) is 0 Å². The third-order valence-corrected chi connectivity index (χ3v) is 8.88. The smallest absolute Gasteiger partial charge is 0.00879 e. The molecule has 4 saturated carbocycles. The molecule has 0 nitrogen and oxygen atoms in total. The third kappa shape index (κ3) is 1.86. The Morgan fingerprint density at radius 1 is 0.952 bits per heavy atom. The minimum atomic E-state index is 0.506. The first-order valence-electron chi connectivity index (χ1n) is 9.63. The van der Waals surface area contributed by atoms with Crippen molar-refractivity contribution in [3.8, 4) is 0 Å². The average molecular weight is 287 g/mol. The number of allylic oxidation sites excluding steroid dienone is 1. The molecule has 4 aliphatic carbocycles. The fourth-order valence-corrected chi connectivity index (χ4v) is 7.38. The van der Waals surface area contributed by atoms with Gasteiger partial charge in [0.2, 0.25) is 0 Å². The minimum Gasteiger partial charge on any atom is -0.0993 e. The molecular formula is C21H34. The fourth-order valence-electron chi connectivity index (χ4n) is 7.38. The van der Waals surface area contributed by atoms with Gasteiger partial charge < -0.3 is 0 Å². The quantitative estimate of drug-likeness (QED) is 0.464. The Balaban J connectivity index is 1.64. The van der Waals surface area contributed by atoms with Crippen molar-refractivity contribution in [1.82, 2.24) is 0 Å². The first kappa shape index (κ1) is 14.3. The summed E-state index contributed by atoms with van der Waals surface area (Å²) in [4.78, 5) is 0. The van der Waals surface area contributed by atoms with Crippen LogP contribution in [0, 0.1) is 40.4 Å². The van der Waals surface area contributed by atoms with E-state index in [4.69, 9.17) is 0 Å². The number of fused-ring (bicyclic) bond motifs is 5. The molecule has 4 fully saturated rings. The summed E-state index contributed by atoms with van der Waals surface area (Å²) in [7, 11) is 0. The summed E-state index contributed by atoms with van der Waals surface area (Å²) in [6.45, 7) is 12.2. The Hall–Kier alpha value is -0.260. The van der Waals surface area contributed by atoms with Crippen LogP contribution in [0.25, 0.3) is 0 Å². The van der Waals surface area contributed by atoms with E-state index in [1.54, 1.807) is 5.57 Å². The van der Waals surface area contributed by atoms with Gasteiger partial charge in [0, 0.05) is 0 Å². The molecular weight excluding hydrogens is 252 g/mol. The van der Waals surface area contributed by atoms with Gasteiger partial charge in [-0.15, -0.1) is 0 Å². The molecule has 7 atom stereocenters. The zero-order chi connectivity index (χ0) is 14.8. The van der Waals surface area contributed by atoms with Crippen molar-refractivity contribution in [2.24, 2.45) is 40.4 Å². The second-order valence-electron chi connectivity index (χ2n) is 9.63. The highest BCUT2D eigenvalue weighted by Crippen LogP contribution is 2.67. The molecule has 0 aromatic rings. The van der Waals surface area contributed by atoms with Crippen LogP contribution in [-0.2, 0) is 0 Å². The van der Waals surface area contributed by atoms with E-state index in [1.165, 1.54) is 57.8 Å². The molecule has 4 unspecified atom stereocenters. The third-order valence-electron chi connectivity index (χ3n) is 8.88. The lowest BCUT2D eigenvalue weighted by Crippen LogP contribution is -2.52. The number of rotatable bonds is 0. The summed E-state index contributed by atoms with van der Waals surface area (Å²) in [5.41, 5.74) is 2.78. The van der Waals surface area contributed by atoms with Crippen molar-refractivity contribution in [2.45, 2.75) is 78.6 Å². The highest BCUT2D eigenvalue weighted by Gasteiger charge is 2.58. The molecule has 0 spiro atoms. The van der Waals surface area contributed by atoms with Crippen molar-refractivity contribution in [2.75, 3.05) is 0 Å². The highest BCUT2D eigenvalue weighted by atomic mass is 14.6.